The van der Waals surface area contributed by atoms with Crippen molar-refractivity contribution in [3.63, 3.8) is 0 Å². The van der Waals surface area contributed by atoms with Crippen molar-refractivity contribution in [1.82, 2.24) is 0 Å². The second kappa shape index (κ2) is 6.72. The van der Waals surface area contributed by atoms with Crippen LogP contribution in [0.15, 0.2) is 42.5 Å². The van der Waals surface area contributed by atoms with E-state index in [-0.39, 0.29) is 11.8 Å². The van der Waals surface area contributed by atoms with Gasteiger partial charge in [0.15, 0.2) is 0 Å². The summed E-state index contributed by atoms with van der Waals surface area (Å²) in [7, 11) is 0. The normalized spacial score (nSPS) is 13.9. The highest BCUT2D eigenvalue weighted by atomic mass is 16.2. The lowest BCUT2D eigenvalue weighted by atomic mass is 9.98. The van der Waals surface area contributed by atoms with Crippen LogP contribution in [0.1, 0.15) is 27.2 Å². The third-order valence-electron chi connectivity index (χ3n) is 4.18. The highest BCUT2D eigenvalue weighted by Crippen LogP contribution is 2.27. The Labute approximate surface area is 126 Å². The van der Waals surface area contributed by atoms with Gasteiger partial charge in [-0.3, -0.25) is 4.79 Å². The van der Waals surface area contributed by atoms with Crippen molar-refractivity contribution in [3.8, 4) is 0 Å². The smallest absolute Gasteiger partial charge is 0.244 e. The second-order valence-electron chi connectivity index (χ2n) is 5.49. The van der Waals surface area contributed by atoms with E-state index < -0.39 is 6.04 Å². The largest absolute Gasteiger partial charge is 0.320 e. The predicted molar refractivity (Wildman–Crippen MR) is 89.4 cm³/mol. The van der Waals surface area contributed by atoms with E-state index in [2.05, 4.69) is 25.1 Å². The molecule has 0 saturated heterocycles. The minimum atomic E-state index is -0.450. The quantitative estimate of drug-likeness (QED) is 0.912. The molecule has 1 amide bonds. The van der Waals surface area contributed by atoms with Gasteiger partial charge in [-0.1, -0.05) is 56.7 Å². The van der Waals surface area contributed by atoms with Gasteiger partial charge in [-0.05, 0) is 24.3 Å². The van der Waals surface area contributed by atoms with Crippen molar-refractivity contribution in [3.05, 3.63) is 42.5 Å². The number of likely N-dealkylation sites (N-methyl/N-ethyl adjacent to an activating group) is 1. The summed E-state index contributed by atoms with van der Waals surface area (Å²) in [6.07, 6.45) is 0.903. The molecular weight excluding hydrogens is 260 g/mol. The summed E-state index contributed by atoms with van der Waals surface area (Å²) >= 11 is 0. The molecule has 0 saturated carbocycles. The molecule has 0 aliphatic rings. The fraction of sp³-hybridized carbons (Fsp3) is 0.389. The van der Waals surface area contributed by atoms with Crippen LogP contribution in [0.4, 0.5) is 5.69 Å². The molecule has 2 aromatic carbocycles. The maximum absolute atomic E-state index is 12.7. The summed E-state index contributed by atoms with van der Waals surface area (Å²) in [5.41, 5.74) is 7.08. The Morgan fingerprint density at radius 3 is 2.48 bits per heavy atom. The molecule has 112 valence electrons. The van der Waals surface area contributed by atoms with Gasteiger partial charge in [0.25, 0.3) is 0 Å². The molecule has 0 radical (unpaired) electrons. The van der Waals surface area contributed by atoms with Crippen molar-refractivity contribution in [2.24, 2.45) is 11.7 Å². The fourth-order valence-electron chi connectivity index (χ4n) is 2.57. The highest BCUT2D eigenvalue weighted by Gasteiger charge is 2.25. The molecule has 3 nitrogen and oxygen atoms in total. The molecule has 3 heteroatoms. The fourth-order valence-corrected chi connectivity index (χ4v) is 2.57. The van der Waals surface area contributed by atoms with Crippen LogP contribution < -0.4 is 10.6 Å². The summed E-state index contributed by atoms with van der Waals surface area (Å²) in [4.78, 5) is 14.5. The Morgan fingerprint density at radius 2 is 1.81 bits per heavy atom. The van der Waals surface area contributed by atoms with Crippen LogP contribution in [0.25, 0.3) is 10.8 Å². The van der Waals surface area contributed by atoms with Crippen molar-refractivity contribution >= 4 is 22.4 Å². The number of hydrogen-bond donors (Lipinski definition) is 1. The Balaban J connectivity index is 2.42. The summed E-state index contributed by atoms with van der Waals surface area (Å²) in [5, 5.41) is 2.23. The first-order valence-corrected chi connectivity index (χ1v) is 7.64. The van der Waals surface area contributed by atoms with Crippen molar-refractivity contribution in [2.75, 3.05) is 11.4 Å². The van der Waals surface area contributed by atoms with Gasteiger partial charge in [-0.2, -0.15) is 0 Å². The molecule has 2 rings (SSSR count). The van der Waals surface area contributed by atoms with Crippen molar-refractivity contribution in [2.45, 2.75) is 33.2 Å². The molecule has 0 heterocycles. The minimum absolute atomic E-state index is 0.00297. The number of nitrogens with two attached hydrogens (primary N) is 1. The van der Waals surface area contributed by atoms with E-state index in [1.165, 1.54) is 0 Å². The number of rotatable bonds is 5. The lowest BCUT2D eigenvalue weighted by Gasteiger charge is -2.28. The van der Waals surface area contributed by atoms with E-state index in [0.717, 1.165) is 22.9 Å². The number of anilines is 1. The molecule has 1 unspecified atom stereocenters. The maximum Gasteiger partial charge on any atom is 0.244 e. The number of benzene rings is 2. The third-order valence-corrected chi connectivity index (χ3v) is 4.18. The van der Waals surface area contributed by atoms with Gasteiger partial charge in [0.1, 0.15) is 0 Å². The summed E-state index contributed by atoms with van der Waals surface area (Å²) in [6, 6.07) is 13.7. The molecule has 21 heavy (non-hydrogen) atoms. The van der Waals surface area contributed by atoms with Gasteiger partial charge >= 0.3 is 0 Å². The average molecular weight is 284 g/mol. The van der Waals surface area contributed by atoms with Crippen LogP contribution in [0.2, 0.25) is 0 Å². The molecule has 2 atom stereocenters. The zero-order valence-electron chi connectivity index (χ0n) is 13.0. The highest BCUT2D eigenvalue weighted by molar-refractivity contribution is 6.05. The predicted octanol–water partition coefficient (Wildman–Crippen LogP) is 3.57. The van der Waals surface area contributed by atoms with Crippen molar-refractivity contribution < 1.29 is 4.79 Å². The molecule has 0 aromatic heterocycles. The number of fused-ring (bicyclic) bond motifs is 1. The summed E-state index contributed by atoms with van der Waals surface area (Å²) in [5.74, 6) is 0.185. The molecule has 0 aliphatic carbocycles. The zero-order valence-corrected chi connectivity index (χ0v) is 13.0. The van der Waals surface area contributed by atoms with Gasteiger partial charge in [-0.25, -0.2) is 0 Å². The van der Waals surface area contributed by atoms with E-state index in [9.17, 15) is 4.79 Å². The van der Waals surface area contributed by atoms with Crippen LogP contribution in [0.3, 0.4) is 0 Å². The van der Waals surface area contributed by atoms with E-state index in [1.807, 2.05) is 38.1 Å². The SMILES string of the molecule is CCC(C)[C@H](N)C(=O)N(CC)c1cccc2ccccc12. The Morgan fingerprint density at radius 1 is 1.14 bits per heavy atom. The van der Waals surface area contributed by atoms with Gasteiger partial charge in [0.2, 0.25) is 5.91 Å². The van der Waals surface area contributed by atoms with Gasteiger partial charge in [-0.15, -0.1) is 0 Å². The topological polar surface area (TPSA) is 46.3 Å². The first-order valence-electron chi connectivity index (χ1n) is 7.64. The molecule has 0 bridgehead atoms. The first-order chi connectivity index (χ1) is 10.1. The van der Waals surface area contributed by atoms with Gasteiger partial charge < -0.3 is 10.6 Å². The van der Waals surface area contributed by atoms with Crippen LogP contribution in [0.5, 0.6) is 0 Å². The zero-order chi connectivity index (χ0) is 15.4. The Kier molecular flexibility index (Phi) is 4.97. The third kappa shape index (κ3) is 3.08. The molecule has 2 aromatic rings. The number of nitrogens with zero attached hydrogens (tertiary/aromatic N) is 1. The monoisotopic (exact) mass is 284 g/mol. The molecule has 0 fully saturated rings. The number of carbonyl (C=O) groups excluding carboxylic acids is 1. The number of carbonyl (C=O) groups is 1. The van der Waals surface area contributed by atoms with Crippen molar-refractivity contribution in [1.29, 1.82) is 0 Å². The molecule has 2 N–H and O–H groups in total. The van der Waals surface area contributed by atoms with E-state index >= 15 is 0 Å². The van der Waals surface area contributed by atoms with Crippen LogP contribution >= 0.6 is 0 Å². The van der Waals surface area contributed by atoms with Gasteiger partial charge in [0, 0.05) is 11.9 Å². The number of hydrogen-bond acceptors (Lipinski definition) is 2. The maximum atomic E-state index is 12.7. The van der Waals surface area contributed by atoms with Crippen LogP contribution in [-0.2, 0) is 4.79 Å². The molecular formula is C18H24N2O. The Bertz CT molecular complexity index is 618. The molecule has 0 spiro atoms. The van der Waals surface area contributed by atoms with E-state index in [4.69, 9.17) is 5.73 Å². The summed E-state index contributed by atoms with van der Waals surface area (Å²) in [6.45, 7) is 6.70. The second-order valence-corrected chi connectivity index (χ2v) is 5.49. The van der Waals surface area contributed by atoms with Gasteiger partial charge in [0.05, 0.1) is 11.7 Å². The molecule has 0 aliphatic heterocycles. The van der Waals surface area contributed by atoms with Crippen LogP contribution in [0, 0.1) is 5.92 Å². The first kappa shape index (κ1) is 15.5. The minimum Gasteiger partial charge on any atom is -0.320 e. The van der Waals surface area contributed by atoms with E-state index in [0.29, 0.717) is 6.54 Å². The number of amides is 1. The Hall–Kier alpha value is -1.87. The van der Waals surface area contributed by atoms with Crippen LogP contribution in [-0.4, -0.2) is 18.5 Å². The average Bonchev–Trinajstić information content (AvgIpc) is 2.54. The lowest BCUT2D eigenvalue weighted by Crippen LogP contribution is -2.47. The summed E-state index contributed by atoms with van der Waals surface area (Å²) < 4.78 is 0. The standard InChI is InChI=1S/C18H24N2O/c1-4-13(3)17(19)18(21)20(5-2)16-12-8-10-14-9-6-7-11-15(14)16/h6-13,17H,4-5,19H2,1-3H3/t13?,17-/m0/s1. The van der Waals surface area contributed by atoms with E-state index in [1.54, 1.807) is 4.90 Å². The lowest BCUT2D eigenvalue weighted by molar-refractivity contribution is -0.120.